The molecule has 3 fully saturated rings. The highest BCUT2D eigenvalue weighted by Gasteiger charge is 2.66. The Morgan fingerprint density at radius 1 is 0.932 bits per heavy atom. The average molecular weight is 623 g/mol. The van der Waals surface area contributed by atoms with E-state index in [2.05, 4.69) is 26.0 Å². The van der Waals surface area contributed by atoms with Gasteiger partial charge in [0.25, 0.3) is 0 Å². The molecule has 4 rings (SSSR count). The number of rotatable bonds is 12. The van der Waals surface area contributed by atoms with E-state index in [1.807, 2.05) is 30.3 Å². The molecule has 0 radical (unpaired) electrons. The zero-order chi connectivity index (χ0) is 32.1. The Bertz CT molecular complexity index is 1200. The normalized spacial score (nSPS) is 28.9. The van der Waals surface area contributed by atoms with Gasteiger partial charge in [-0.05, 0) is 40.2 Å². The molecule has 0 spiro atoms. The summed E-state index contributed by atoms with van der Waals surface area (Å²) < 4.78 is 40.4. The van der Waals surface area contributed by atoms with Crippen LogP contribution in [-0.4, -0.2) is 105 Å². The average Bonchev–Trinajstić information content (AvgIpc) is 3.59. The van der Waals surface area contributed by atoms with Gasteiger partial charge in [0, 0.05) is 6.54 Å². The Kier molecular flexibility index (Phi) is 10.5. The van der Waals surface area contributed by atoms with E-state index in [-0.39, 0.29) is 32.8 Å². The van der Waals surface area contributed by atoms with Gasteiger partial charge in [0.05, 0.1) is 32.3 Å². The predicted octanol–water partition coefficient (Wildman–Crippen LogP) is 0.0630. The van der Waals surface area contributed by atoms with E-state index in [9.17, 15) is 19.2 Å². The van der Waals surface area contributed by atoms with E-state index in [4.69, 9.17) is 28.4 Å². The molecule has 0 unspecified atom stereocenters. The van der Waals surface area contributed by atoms with Gasteiger partial charge in [0.1, 0.15) is 31.0 Å². The van der Waals surface area contributed by atoms with Crippen molar-refractivity contribution < 1.29 is 52.3 Å². The zero-order valence-electron chi connectivity index (χ0n) is 25.8. The summed E-state index contributed by atoms with van der Waals surface area (Å²) in [5, 5.41) is 11.0. The number of ether oxygens (including phenoxy) is 7. The van der Waals surface area contributed by atoms with Gasteiger partial charge in [-0.2, -0.15) is 0 Å². The first-order valence-electron chi connectivity index (χ1n) is 14.4. The number of methoxy groups -OCH3 is 1. The molecule has 44 heavy (non-hydrogen) atoms. The van der Waals surface area contributed by atoms with Crippen LogP contribution in [0.3, 0.4) is 0 Å². The van der Waals surface area contributed by atoms with Gasteiger partial charge in [0.2, 0.25) is 11.8 Å². The Morgan fingerprint density at radius 2 is 1.66 bits per heavy atom. The molecule has 15 nitrogen and oxygen atoms in total. The Labute approximate surface area is 255 Å². The van der Waals surface area contributed by atoms with Crippen molar-refractivity contribution in [2.45, 2.75) is 89.0 Å². The largest absolute Gasteiger partial charge is 0.467 e. The van der Waals surface area contributed by atoms with Gasteiger partial charge in [-0.3, -0.25) is 14.9 Å². The molecule has 3 aliphatic rings. The maximum atomic E-state index is 13.0. The van der Waals surface area contributed by atoms with Crippen molar-refractivity contribution in [3.05, 3.63) is 35.9 Å². The van der Waals surface area contributed by atoms with Gasteiger partial charge in [-0.15, -0.1) is 0 Å². The third kappa shape index (κ3) is 8.22. The second kappa shape index (κ2) is 13.7. The quantitative estimate of drug-likeness (QED) is 0.231. The minimum Gasteiger partial charge on any atom is -0.467 e. The van der Waals surface area contributed by atoms with E-state index >= 15 is 0 Å². The van der Waals surface area contributed by atoms with E-state index in [0.29, 0.717) is 0 Å². The smallest absolute Gasteiger partial charge is 0.407 e. The van der Waals surface area contributed by atoms with Crippen molar-refractivity contribution in [3.8, 4) is 0 Å². The lowest BCUT2D eigenvalue weighted by Gasteiger charge is -2.41. The molecular weight excluding hydrogens is 580 g/mol. The summed E-state index contributed by atoms with van der Waals surface area (Å²) in [5.41, 5.74) is -0.475. The molecule has 3 amide bonds. The molecule has 3 heterocycles. The maximum Gasteiger partial charge on any atom is 0.407 e. The molecule has 6 atom stereocenters. The molecule has 244 valence electrons. The van der Waals surface area contributed by atoms with Gasteiger partial charge in [-0.1, -0.05) is 30.3 Å². The van der Waals surface area contributed by atoms with Gasteiger partial charge < -0.3 is 49.1 Å². The van der Waals surface area contributed by atoms with Crippen LogP contribution in [0.4, 0.5) is 4.79 Å². The third-order valence-electron chi connectivity index (χ3n) is 7.42. The molecule has 4 N–H and O–H groups in total. The van der Waals surface area contributed by atoms with Crippen molar-refractivity contribution in [3.63, 3.8) is 0 Å². The molecule has 1 aromatic carbocycles. The van der Waals surface area contributed by atoms with Crippen LogP contribution >= 0.6 is 0 Å². The molecular formula is C29H42N4O11. The van der Waals surface area contributed by atoms with E-state index < -0.39 is 71.6 Å². The van der Waals surface area contributed by atoms with Gasteiger partial charge >= 0.3 is 12.1 Å². The number of benzene rings is 1. The van der Waals surface area contributed by atoms with Crippen molar-refractivity contribution >= 4 is 23.9 Å². The van der Waals surface area contributed by atoms with Crippen LogP contribution in [0.25, 0.3) is 0 Å². The topological polar surface area (TPSA) is 181 Å². The van der Waals surface area contributed by atoms with E-state index in [1.54, 1.807) is 27.7 Å². The number of alkyl carbamates (subject to hydrolysis) is 1. The number of carbonyl (C=O) groups is 4. The summed E-state index contributed by atoms with van der Waals surface area (Å²) in [5.74, 6) is -3.59. The number of esters is 1. The van der Waals surface area contributed by atoms with E-state index in [1.165, 1.54) is 14.0 Å². The summed E-state index contributed by atoms with van der Waals surface area (Å²) in [6.45, 7) is 7.91. The van der Waals surface area contributed by atoms with Crippen molar-refractivity contribution in [1.82, 2.24) is 21.3 Å². The first-order chi connectivity index (χ1) is 20.7. The van der Waals surface area contributed by atoms with Gasteiger partial charge in [-0.25, -0.2) is 9.59 Å². The minimum atomic E-state index is -1.28. The number of hydrogen-bond acceptors (Lipinski definition) is 12. The Balaban J connectivity index is 1.47. The summed E-state index contributed by atoms with van der Waals surface area (Å²) in [6, 6.07) is 8.23. The van der Waals surface area contributed by atoms with Crippen LogP contribution in [-0.2, 0) is 54.1 Å². The second-order valence-electron chi connectivity index (χ2n) is 11.7. The molecule has 0 aliphatic carbocycles. The summed E-state index contributed by atoms with van der Waals surface area (Å²) in [7, 11) is 1.23. The number of hydrogen-bond donors (Lipinski definition) is 4. The lowest BCUT2D eigenvalue weighted by Crippen LogP contribution is -2.69. The molecule has 3 aliphatic heterocycles. The van der Waals surface area contributed by atoms with Crippen LogP contribution < -0.4 is 21.3 Å². The predicted molar refractivity (Wildman–Crippen MR) is 152 cm³/mol. The van der Waals surface area contributed by atoms with Crippen LogP contribution in [0.5, 0.6) is 0 Å². The summed E-state index contributed by atoms with van der Waals surface area (Å²) in [4.78, 5) is 49.9. The number of carbonyl (C=O) groups excluding carboxylic acids is 4. The fourth-order valence-electron chi connectivity index (χ4n) is 5.36. The number of fused-ring (bicyclic) bond motifs is 1. The monoisotopic (exact) mass is 622 g/mol. The third-order valence-corrected chi connectivity index (χ3v) is 7.42. The second-order valence-corrected chi connectivity index (χ2v) is 11.7. The lowest BCUT2D eigenvalue weighted by atomic mass is 9.84. The van der Waals surface area contributed by atoms with Crippen molar-refractivity contribution in [2.24, 2.45) is 0 Å². The lowest BCUT2D eigenvalue weighted by molar-refractivity contribution is -0.230. The molecule has 0 saturated carbocycles. The van der Waals surface area contributed by atoms with Crippen molar-refractivity contribution in [1.29, 1.82) is 0 Å². The number of amides is 3. The highest BCUT2D eigenvalue weighted by molar-refractivity contribution is 5.85. The zero-order valence-corrected chi connectivity index (χ0v) is 25.8. The minimum absolute atomic E-state index is 0.0486. The maximum absolute atomic E-state index is 13.0. The fraction of sp³-hybridized carbons (Fsp3) is 0.655. The fourth-order valence-corrected chi connectivity index (χ4v) is 5.36. The highest BCUT2D eigenvalue weighted by atomic mass is 16.8. The molecule has 3 saturated heterocycles. The highest BCUT2D eigenvalue weighted by Crippen LogP contribution is 2.46. The van der Waals surface area contributed by atoms with E-state index in [0.717, 1.165) is 5.56 Å². The Morgan fingerprint density at radius 3 is 2.32 bits per heavy atom. The first kappa shape index (κ1) is 33.6. The molecule has 0 aromatic heterocycles. The number of nitrogens with one attached hydrogen (secondary N) is 4. The first-order valence-corrected chi connectivity index (χ1v) is 14.4. The molecule has 15 heteroatoms. The van der Waals surface area contributed by atoms with Crippen LogP contribution in [0.2, 0.25) is 0 Å². The summed E-state index contributed by atoms with van der Waals surface area (Å²) in [6.07, 6.45) is -3.87. The van der Waals surface area contributed by atoms with Crippen LogP contribution in [0, 0.1) is 0 Å². The SMILES string of the molecule is COC(=O)[C@H](C)NC(=O)CN[C@]1(CNC(=O)CNC(=O)OCc2ccccc2)[C@@H]([C@H]2COC(C)(C)O2)O[C@@H]2OC(C)(C)O[C@@H]21. The Hall–Kier alpha value is -3.34. The summed E-state index contributed by atoms with van der Waals surface area (Å²) >= 11 is 0. The van der Waals surface area contributed by atoms with Crippen LogP contribution in [0.15, 0.2) is 30.3 Å². The van der Waals surface area contributed by atoms with Crippen LogP contribution in [0.1, 0.15) is 40.2 Å². The molecule has 1 aromatic rings. The standard InChI is InChI=1S/C29H42N4O11/c1-17(24(36)38-6)33-21(35)13-32-29(16-31-20(34)12-30-26(37)39-14-18-10-8-7-9-11-18)22(19-15-40-27(2,3)42-19)41-25-23(29)43-28(4,5)44-25/h7-11,17,19,22-23,25,32H,12-16H2,1-6H3,(H,30,37)(H,31,34)(H,33,35)/t17-,19+,22+,23-,25+,29+/m0/s1. The van der Waals surface area contributed by atoms with Crippen molar-refractivity contribution in [2.75, 3.05) is 33.4 Å². The van der Waals surface area contributed by atoms with Gasteiger partial charge in [0.15, 0.2) is 17.9 Å². The molecule has 0 bridgehead atoms.